The first-order chi connectivity index (χ1) is 8.88. The van der Waals surface area contributed by atoms with Gasteiger partial charge < -0.3 is 4.18 Å². The van der Waals surface area contributed by atoms with Crippen molar-refractivity contribution in [2.24, 2.45) is 0 Å². The Kier molecular flexibility index (Phi) is 3.96. The van der Waals surface area contributed by atoms with Gasteiger partial charge in [0, 0.05) is 4.47 Å². The van der Waals surface area contributed by atoms with Gasteiger partial charge in [0.25, 0.3) is 0 Å². The van der Waals surface area contributed by atoms with Crippen LogP contribution in [0.15, 0.2) is 51.8 Å². The van der Waals surface area contributed by atoms with Crippen LogP contribution in [0.5, 0.6) is 5.75 Å². The number of halogens is 1. The first-order valence-corrected chi connectivity index (χ1v) is 7.86. The summed E-state index contributed by atoms with van der Waals surface area (Å²) in [5, 5.41) is 0. The fourth-order valence-corrected chi connectivity index (χ4v) is 2.72. The maximum atomic E-state index is 12.1. The highest BCUT2D eigenvalue weighted by Crippen LogP contribution is 2.24. The summed E-state index contributed by atoms with van der Waals surface area (Å²) in [6, 6.07) is 11.6. The second kappa shape index (κ2) is 5.35. The Morgan fingerprint density at radius 3 is 2.21 bits per heavy atom. The summed E-state index contributed by atoms with van der Waals surface area (Å²) in [5.74, 6) is 0.307. The number of hydrogen-bond donors (Lipinski definition) is 0. The second-order valence-corrected chi connectivity index (χ2v) is 6.66. The average Bonchev–Trinajstić information content (AvgIpc) is 2.34. The fourth-order valence-electron chi connectivity index (χ4n) is 1.55. The van der Waals surface area contributed by atoms with Gasteiger partial charge in [-0.05, 0) is 49.7 Å². The maximum absolute atomic E-state index is 12.1. The zero-order valence-corrected chi connectivity index (χ0v) is 13.0. The molecule has 0 N–H and O–H groups in total. The third kappa shape index (κ3) is 3.36. The van der Waals surface area contributed by atoms with Crippen molar-refractivity contribution in [1.29, 1.82) is 0 Å². The molecule has 0 fully saturated rings. The van der Waals surface area contributed by atoms with Gasteiger partial charge in [0.05, 0.1) is 0 Å². The van der Waals surface area contributed by atoms with Crippen molar-refractivity contribution in [3.63, 3.8) is 0 Å². The molecule has 2 rings (SSSR count). The molecule has 0 radical (unpaired) electrons. The van der Waals surface area contributed by atoms with E-state index in [-0.39, 0.29) is 4.90 Å². The van der Waals surface area contributed by atoms with E-state index >= 15 is 0 Å². The minimum atomic E-state index is -3.78. The highest BCUT2D eigenvalue weighted by atomic mass is 79.9. The first-order valence-electron chi connectivity index (χ1n) is 5.66. The first kappa shape index (κ1) is 14.1. The molecule has 0 atom stereocenters. The lowest BCUT2D eigenvalue weighted by Gasteiger charge is -2.08. The van der Waals surface area contributed by atoms with Crippen molar-refractivity contribution >= 4 is 26.0 Å². The van der Waals surface area contributed by atoms with Crippen LogP contribution in [0.4, 0.5) is 0 Å². The van der Waals surface area contributed by atoms with E-state index in [4.69, 9.17) is 4.18 Å². The van der Waals surface area contributed by atoms with Crippen molar-refractivity contribution in [2.45, 2.75) is 18.7 Å². The molecule has 0 aliphatic rings. The van der Waals surface area contributed by atoms with Crippen LogP contribution in [0, 0.1) is 13.8 Å². The zero-order valence-electron chi connectivity index (χ0n) is 10.6. The van der Waals surface area contributed by atoms with Crippen LogP contribution >= 0.6 is 15.9 Å². The Bertz CT molecular complexity index is 691. The van der Waals surface area contributed by atoms with E-state index in [2.05, 4.69) is 15.9 Å². The summed E-state index contributed by atoms with van der Waals surface area (Å²) in [6.07, 6.45) is 0. The van der Waals surface area contributed by atoms with Crippen molar-refractivity contribution < 1.29 is 12.6 Å². The van der Waals surface area contributed by atoms with E-state index < -0.39 is 10.1 Å². The fraction of sp³-hybridized carbons (Fsp3) is 0.143. The molecule has 2 aromatic carbocycles. The molecule has 0 aromatic heterocycles. The normalized spacial score (nSPS) is 11.3. The third-order valence-electron chi connectivity index (χ3n) is 2.65. The Morgan fingerprint density at radius 2 is 1.63 bits per heavy atom. The third-order valence-corrected chi connectivity index (χ3v) is 4.80. The van der Waals surface area contributed by atoms with Crippen molar-refractivity contribution in [3.8, 4) is 5.75 Å². The van der Waals surface area contributed by atoms with E-state index in [1.807, 2.05) is 13.8 Å². The number of rotatable bonds is 3. The lowest BCUT2D eigenvalue weighted by atomic mass is 10.2. The molecule has 19 heavy (non-hydrogen) atoms. The highest BCUT2D eigenvalue weighted by molar-refractivity contribution is 9.10. The van der Waals surface area contributed by atoms with Gasteiger partial charge in [0.15, 0.2) is 0 Å². The lowest BCUT2D eigenvalue weighted by Crippen LogP contribution is -2.09. The van der Waals surface area contributed by atoms with Gasteiger partial charge in [0.1, 0.15) is 10.6 Å². The number of hydrogen-bond acceptors (Lipinski definition) is 3. The summed E-state index contributed by atoms with van der Waals surface area (Å²) in [4.78, 5) is 0.152. The predicted molar refractivity (Wildman–Crippen MR) is 77.9 cm³/mol. The SMILES string of the molecule is Cc1ccc(S(=O)(=O)Oc2ccc(Br)c(C)c2)cc1. The smallest absolute Gasteiger partial charge is 0.339 e. The molecule has 0 heterocycles. The lowest BCUT2D eigenvalue weighted by molar-refractivity contribution is 0.486. The molecule has 3 nitrogen and oxygen atoms in total. The van der Waals surface area contributed by atoms with Crippen LogP contribution in [-0.4, -0.2) is 8.42 Å². The topological polar surface area (TPSA) is 43.4 Å². The molecule has 2 aromatic rings. The maximum Gasteiger partial charge on any atom is 0.339 e. The molecular formula is C14H13BrO3S. The highest BCUT2D eigenvalue weighted by Gasteiger charge is 2.16. The van der Waals surface area contributed by atoms with Crippen LogP contribution in [0.3, 0.4) is 0 Å². The zero-order chi connectivity index (χ0) is 14.0. The van der Waals surface area contributed by atoms with Crippen LogP contribution in [0.25, 0.3) is 0 Å². The summed E-state index contributed by atoms with van der Waals surface area (Å²) in [5.41, 5.74) is 1.91. The molecule has 0 aliphatic heterocycles. The van der Waals surface area contributed by atoms with Gasteiger partial charge in [-0.2, -0.15) is 8.42 Å². The Morgan fingerprint density at radius 1 is 1.00 bits per heavy atom. The Labute approximate surface area is 121 Å². The van der Waals surface area contributed by atoms with Gasteiger partial charge in [-0.1, -0.05) is 33.6 Å². The van der Waals surface area contributed by atoms with Gasteiger partial charge in [-0.3, -0.25) is 0 Å². The molecule has 0 spiro atoms. The standard InChI is InChI=1S/C14H13BrO3S/c1-10-3-6-13(7-4-10)19(16,17)18-12-5-8-14(15)11(2)9-12/h3-9H,1-2H3. The number of benzene rings is 2. The molecular weight excluding hydrogens is 328 g/mol. The molecule has 0 saturated heterocycles. The Hall–Kier alpha value is -1.33. The summed E-state index contributed by atoms with van der Waals surface area (Å²) in [7, 11) is -3.78. The molecule has 0 amide bonds. The van der Waals surface area contributed by atoms with E-state index in [1.165, 1.54) is 12.1 Å². The van der Waals surface area contributed by atoms with Crippen LogP contribution < -0.4 is 4.18 Å². The van der Waals surface area contributed by atoms with Crippen molar-refractivity contribution in [3.05, 3.63) is 58.1 Å². The van der Waals surface area contributed by atoms with E-state index in [0.717, 1.165) is 15.6 Å². The van der Waals surface area contributed by atoms with Gasteiger partial charge >= 0.3 is 10.1 Å². The van der Waals surface area contributed by atoms with Crippen LogP contribution in [0.1, 0.15) is 11.1 Å². The molecule has 0 bridgehead atoms. The summed E-state index contributed by atoms with van der Waals surface area (Å²) >= 11 is 3.36. The van der Waals surface area contributed by atoms with E-state index in [1.54, 1.807) is 30.3 Å². The van der Waals surface area contributed by atoms with Crippen molar-refractivity contribution in [1.82, 2.24) is 0 Å². The predicted octanol–water partition coefficient (Wildman–Crippen LogP) is 3.83. The molecule has 5 heteroatoms. The summed E-state index contributed by atoms with van der Waals surface area (Å²) in [6.45, 7) is 3.77. The van der Waals surface area contributed by atoms with E-state index in [9.17, 15) is 8.42 Å². The number of aryl methyl sites for hydroxylation is 2. The second-order valence-electron chi connectivity index (χ2n) is 4.26. The van der Waals surface area contributed by atoms with Gasteiger partial charge in [-0.25, -0.2) is 0 Å². The Balaban J connectivity index is 2.30. The molecule has 0 saturated carbocycles. The minimum Gasteiger partial charge on any atom is -0.379 e. The average molecular weight is 341 g/mol. The minimum absolute atomic E-state index is 0.152. The van der Waals surface area contributed by atoms with E-state index in [0.29, 0.717) is 5.75 Å². The molecule has 0 aliphatic carbocycles. The quantitative estimate of drug-likeness (QED) is 0.797. The monoisotopic (exact) mass is 340 g/mol. The van der Waals surface area contributed by atoms with Crippen molar-refractivity contribution in [2.75, 3.05) is 0 Å². The van der Waals surface area contributed by atoms with Crippen LogP contribution in [0.2, 0.25) is 0 Å². The summed E-state index contributed by atoms with van der Waals surface area (Å²) < 4.78 is 30.2. The molecule has 0 unspecified atom stereocenters. The molecule has 100 valence electrons. The van der Waals surface area contributed by atoms with Crippen LogP contribution in [-0.2, 0) is 10.1 Å². The largest absolute Gasteiger partial charge is 0.379 e. The van der Waals surface area contributed by atoms with Gasteiger partial charge in [-0.15, -0.1) is 0 Å². The van der Waals surface area contributed by atoms with Gasteiger partial charge in [0.2, 0.25) is 0 Å².